The SMILES string of the molecule is CC(C)c1ccccc1C(O)(c1ccccc1C(C)C)c1ccccc1C(C)C. The van der Waals surface area contributed by atoms with Gasteiger partial charge in [0.05, 0.1) is 0 Å². The minimum Gasteiger partial charge on any atom is -0.376 e. The third kappa shape index (κ3) is 3.89. The first-order chi connectivity index (χ1) is 13.8. The molecule has 0 heterocycles. The summed E-state index contributed by atoms with van der Waals surface area (Å²) in [4.78, 5) is 0. The molecule has 29 heavy (non-hydrogen) atoms. The van der Waals surface area contributed by atoms with Crippen LogP contribution in [0.3, 0.4) is 0 Å². The molecular weight excluding hydrogens is 352 g/mol. The summed E-state index contributed by atoms with van der Waals surface area (Å²) >= 11 is 0. The van der Waals surface area contributed by atoms with Gasteiger partial charge in [0.15, 0.2) is 0 Å². The van der Waals surface area contributed by atoms with E-state index in [0.717, 1.165) is 16.7 Å². The number of hydrogen-bond acceptors (Lipinski definition) is 1. The highest BCUT2D eigenvalue weighted by Crippen LogP contribution is 2.45. The van der Waals surface area contributed by atoms with E-state index in [1.807, 2.05) is 18.2 Å². The number of benzene rings is 3. The van der Waals surface area contributed by atoms with Crippen LogP contribution in [-0.4, -0.2) is 5.11 Å². The number of rotatable bonds is 6. The molecule has 0 amide bonds. The van der Waals surface area contributed by atoms with E-state index in [1.165, 1.54) is 16.7 Å². The van der Waals surface area contributed by atoms with Gasteiger partial charge in [0.2, 0.25) is 0 Å². The Kier molecular flexibility index (Phi) is 6.29. The first-order valence-corrected chi connectivity index (χ1v) is 10.8. The lowest BCUT2D eigenvalue weighted by atomic mass is 9.71. The normalized spacial score (nSPS) is 12.2. The van der Waals surface area contributed by atoms with Gasteiger partial charge in [0.25, 0.3) is 0 Å². The average Bonchev–Trinajstić information content (AvgIpc) is 2.73. The van der Waals surface area contributed by atoms with Crippen LogP contribution < -0.4 is 0 Å². The Hall–Kier alpha value is -2.38. The van der Waals surface area contributed by atoms with Crippen LogP contribution in [-0.2, 0) is 5.60 Å². The fourth-order valence-corrected chi connectivity index (χ4v) is 4.43. The van der Waals surface area contributed by atoms with Gasteiger partial charge < -0.3 is 5.11 Å². The van der Waals surface area contributed by atoms with E-state index in [4.69, 9.17) is 0 Å². The average molecular weight is 387 g/mol. The molecule has 0 unspecified atom stereocenters. The van der Waals surface area contributed by atoms with Gasteiger partial charge in [0.1, 0.15) is 5.60 Å². The van der Waals surface area contributed by atoms with Crippen molar-refractivity contribution in [3.63, 3.8) is 0 Å². The zero-order chi connectivity index (χ0) is 21.2. The Morgan fingerprint density at radius 2 is 0.724 bits per heavy atom. The number of hydrogen-bond donors (Lipinski definition) is 1. The number of aliphatic hydroxyl groups is 1. The minimum absolute atomic E-state index is 0.315. The van der Waals surface area contributed by atoms with Crippen LogP contribution in [0, 0.1) is 0 Å². The molecule has 0 aliphatic heterocycles. The van der Waals surface area contributed by atoms with Crippen molar-refractivity contribution in [2.75, 3.05) is 0 Å². The van der Waals surface area contributed by atoms with Crippen molar-refractivity contribution in [1.82, 2.24) is 0 Å². The van der Waals surface area contributed by atoms with Crippen molar-refractivity contribution in [1.29, 1.82) is 0 Å². The van der Waals surface area contributed by atoms with Gasteiger partial charge >= 0.3 is 0 Å². The van der Waals surface area contributed by atoms with E-state index in [1.54, 1.807) is 0 Å². The van der Waals surface area contributed by atoms with Crippen LogP contribution in [0.15, 0.2) is 72.8 Å². The molecular formula is C28H34O. The Balaban J connectivity index is 2.46. The van der Waals surface area contributed by atoms with E-state index in [-0.39, 0.29) is 0 Å². The molecule has 0 saturated heterocycles. The highest BCUT2D eigenvalue weighted by Gasteiger charge is 2.39. The standard InChI is InChI=1S/C28H34O/c1-19(2)22-13-7-10-16-25(22)28(29,26-17-11-8-14-23(26)20(3)4)27-18-12-9-15-24(27)21(5)6/h7-21,29H,1-6H3. The topological polar surface area (TPSA) is 20.2 Å². The zero-order valence-corrected chi connectivity index (χ0v) is 18.6. The third-order valence-electron chi connectivity index (χ3n) is 5.92. The molecule has 0 aromatic heterocycles. The van der Waals surface area contributed by atoms with Gasteiger partial charge in [-0.25, -0.2) is 0 Å². The fraction of sp³-hybridized carbons (Fsp3) is 0.357. The van der Waals surface area contributed by atoms with Crippen LogP contribution >= 0.6 is 0 Å². The molecule has 0 aliphatic rings. The molecule has 3 aromatic carbocycles. The molecule has 0 radical (unpaired) electrons. The van der Waals surface area contributed by atoms with Crippen LogP contribution in [0.4, 0.5) is 0 Å². The van der Waals surface area contributed by atoms with Crippen LogP contribution in [0.2, 0.25) is 0 Å². The maximum absolute atomic E-state index is 12.7. The van der Waals surface area contributed by atoms with Crippen molar-refractivity contribution in [2.24, 2.45) is 0 Å². The highest BCUT2D eigenvalue weighted by molar-refractivity contribution is 5.56. The van der Waals surface area contributed by atoms with Gasteiger partial charge in [-0.3, -0.25) is 0 Å². The highest BCUT2D eigenvalue weighted by atomic mass is 16.3. The molecule has 1 nitrogen and oxygen atoms in total. The first-order valence-electron chi connectivity index (χ1n) is 10.8. The molecule has 0 saturated carbocycles. The molecule has 3 aromatic rings. The van der Waals surface area contributed by atoms with E-state index < -0.39 is 5.60 Å². The summed E-state index contributed by atoms with van der Waals surface area (Å²) in [6.45, 7) is 13.2. The Bertz CT molecular complexity index is 840. The molecule has 1 N–H and O–H groups in total. The molecule has 0 fully saturated rings. The first kappa shape index (κ1) is 21.3. The maximum Gasteiger partial charge on any atom is 0.141 e. The van der Waals surface area contributed by atoms with Crippen LogP contribution in [0.5, 0.6) is 0 Å². The summed E-state index contributed by atoms with van der Waals surface area (Å²) in [5, 5.41) is 12.7. The molecule has 1 heteroatoms. The summed E-state index contributed by atoms with van der Waals surface area (Å²) < 4.78 is 0. The van der Waals surface area contributed by atoms with E-state index in [9.17, 15) is 5.11 Å². The molecule has 0 spiro atoms. The lowest BCUT2D eigenvalue weighted by molar-refractivity contribution is 0.121. The van der Waals surface area contributed by atoms with Crippen molar-refractivity contribution in [3.8, 4) is 0 Å². The van der Waals surface area contributed by atoms with Gasteiger partial charge in [-0.15, -0.1) is 0 Å². The van der Waals surface area contributed by atoms with Gasteiger partial charge in [0, 0.05) is 0 Å². The largest absolute Gasteiger partial charge is 0.376 e. The molecule has 0 aliphatic carbocycles. The predicted octanol–water partition coefficient (Wildman–Crippen LogP) is 7.34. The van der Waals surface area contributed by atoms with Crippen molar-refractivity contribution in [2.45, 2.75) is 64.9 Å². The zero-order valence-electron chi connectivity index (χ0n) is 18.6. The van der Waals surface area contributed by atoms with Crippen molar-refractivity contribution < 1.29 is 5.11 Å². The predicted molar refractivity (Wildman–Crippen MR) is 124 cm³/mol. The van der Waals surface area contributed by atoms with Crippen LogP contribution in [0.1, 0.15) is 92.7 Å². The van der Waals surface area contributed by atoms with Gasteiger partial charge in [-0.1, -0.05) is 114 Å². The lowest BCUT2D eigenvalue weighted by Gasteiger charge is -2.37. The molecule has 0 atom stereocenters. The van der Waals surface area contributed by atoms with Gasteiger partial charge in [-0.2, -0.15) is 0 Å². The minimum atomic E-state index is -1.21. The van der Waals surface area contributed by atoms with Crippen molar-refractivity contribution >= 4 is 0 Å². The van der Waals surface area contributed by atoms with E-state index in [0.29, 0.717) is 17.8 Å². The second-order valence-electron chi connectivity index (χ2n) is 8.94. The summed E-state index contributed by atoms with van der Waals surface area (Å²) in [6.07, 6.45) is 0. The lowest BCUT2D eigenvalue weighted by Crippen LogP contribution is -2.33. The quantitative estimate of drug-likeness (QED) is 0.439. The molecule has 0 bridgehead atoms. The third-order valence-corrected chi connectivity index (χ3v) is 5.92. The summed E-state index contributed by atoms with van der Waals surface area (Å²) in [5.41, 5.74) is 5.30. The van der Waals surface area contributed by atoms with Crippen LogP contribution in [0.25, 0.3) is 0 Å². The summed E-state index contributed by atoms with van der Waals surface area (Å²) in [5.74, 6) is 0.945. The summed E-state index contributed by atoms with van der Waals surface area (Å²) in [7, 11) is 0. The Morgan fingerprint density at radius 1 is 0.483 bits per heavy atom. The fourth-order valence-electron chi connectivity index (χ4n) is 4.43. The Morgan fingerprint density at radius 3 is 0.966 bits per heavy atom. The molecule has 152 valence electrons. The van der Waals surface area contributed by atoms with Crippen molar-refractivity contribution in [3.05, 3.63) is 106 Å². The monoisotopic (exact) mass is 386 g/mol. The second kappa shape index (κ2) is 8.55. The Labute approximate surface area is 176 Å². The second-order valence-corrected chi connectivity index (χ2v) is 8.94. The van der Waals surface area contributed by atoms with Gasteiger partial charge in [-0.05, 0) is 51.1 Å². The smallest absolute Gasteiger partial charge is 0.141 e. The van der Waals surface area contributed by atoms with E-state index in [2.05, 4.69) is 96.1 Å². The maximum atomic E-state index is 12.7. The van der Waals surface area contributed by atoms with E-state index >= 15 is 0 Å². The molecule has 3 rings (SSSR count). The summed E-state index contributed by atoms with van der Waals surface area (Å²) in [6, 6.07) is 25.1.